The van der Waals surface area contributed by atoms with E-state index in [1.807, 2.05) is 13.0 Å². The van der Waals surface area contributed by atoms with Crippen LogP contribution in [0.1, 0.15) is 34.8 Å². The van der Waals surface area contributed by atoms with Crippen LogP contribution in [0.15, 0.2) is 28.8 Å². The molecule has 2 aromatic rings. The van der Waals surface area contributed by atoms with E-state index in [9.17, 15) is 4.79 Å². The van der Waals surface area contributed by atoms with Gasteiger partial charge in [0.2, 0.25) is 0 Å². The number of amides is 1. The molecule has 0 saturated heterocycles. The number of nitrogens with zero attached hydrogens (tertiary/aromatic N) is 1. The van der Waals surface area contributed by atoms with E-state index in [0.29, 0.717) is 17.3 Å². The van der Waals surface area contributed by atoms with E-state index in [1.165, 1.54) is 0 Å². The van der Waals surface area contributed by atoms with Crippen LogP contribution in [0.3, 0.4) is 0 Å². The lowest BCUT2D eigenvalue weighted by Gasteiger charge is -2.17. The van der Waals surface area contributed by atoms with Gasteiger partial charge in [0.05, 0.1) is 20.3 Å². The van der Waals surface area contributed by atoms with Crippen molar-refractivity contribution >= 4 is 5.91 Å². The zero-order valence-electron chi connectivity index (χ0n) is 12.5. The number of rotatable bonds is 5. The van der Waals surface area contributed by atoms with E-state index in [4.69, 9.17) is 14.0 Å². The van der Waals surface area contributed by atoms with Crippen molar-refractivity contribution in [2.45, 2.75) is 19.9 Å². The highest BCUT2D eigenvalue weighted by molar-refractivity contribution is 5.92. The Hall–Kier alpha value is -2.50. The molecule has 1 aromatic heterocycles. The molecule has 1 amide bonds. The predicted molar refractivity (Wildman–Crippen MR) is 76.7 cm³/mol. The van der Waals surface area contributed by atoms with E-state index in [0.717, 1.165) is 5.56 Å². The molecule has 1 N–H and O–H groups in total. The van der Waals surface area contributed by atoms with Crippen molar-refractivity contribution in [3.05, 3.63) is 41.3 Å². The summed E-state index contributed by atoms with van der Waals surface area (Å²) < 4.78 is 15.4. The van der Waals surface area contributed by atoms with Crippen LogP contribution in [0.5, 0.6) is 11.5 Å². The van der Waals surface area contributed by atoms with Crippen molar-refractivity contribution < 1.29 is 18.8 Å². The summed E-state index contributed by atoms with van der Waals surface area (Å²) in [6.07, 6.45) is 0. The molecule has 112 valence electrons. The molecular formula is C15H18N2O4. The molecule has 0 aliphatic rings. The molecule has 1 aromatic carbocycles. The lowest BCUT2D eigenvalue weighted by molar-refractivity contribution is 0.0930. The van der Waals surface area contributed by atoms with Crippen LogP contribution in [-0.2, 0) is 0 Å². The fourth-order valence-corrected chi connectivity index (χ4v) is 2.00. The van der Waals surface area contributed by atoms with Crippen molar-refractivity contribution in [3.63, 3.8) is 0 Å². The zero-order valence-corrected chi connectivity index (χ0v) is 12.5. The second-order valence-corrected chi connectivity index (χ2v) is 4.63. The van der Waals surface area contributed by atoms with E-state index in [1.54, 1.807) is 39.3 Å². The van der Waals surface area contributed by atoms with Crippen molar-refractivity contribution in [2.75, 3.05) is 14.2 Å². The summed E-state index contributed by atoms with van der Waals surface area (Å²) >= 11 is 0. The Morgan fingerprint density at radius 3 is 2.62 bits per heavy atom. The number of ether oxygens (including phenoxy) is 2. The maximum absolute atomic E-state index is 12.1. The second kappa shape index (κ2) is 6.30. The van der Waals surface area contributed by atoms with Crippen LogP contribution in [0.4, 0.5) is 0 Å². The quantitative estimate of drug-likeness (QED) is 0.915. The molecule has 0 unspecified atom stereocenters. The number of hydrogen-bond donors (Lipinski definition) is 1. The fourth-order valence-electron chi connectivity index (χ4n) is 2.00. The van der Waals surface area contributed by atoms with Crippen molar-refractivity contribution in [3.8, 4) is 11.5 Å². The minimum atomic E-state index is -0.302. The molecule has 0 spiro atoms. The molecule has 0 saturated carbocycles. The first-order chi connectivity index (χ1) is 10.0. The predicted octanol–water partition coefficient (Wildman–Crippen LogP) is 2.49. The highest BCUT2D eigenvalue weighted by Gasteiger charge is 2.18. The maximum atomic E-state index is 12.1. The first-order valence-electron chi connectivity index (χ1n) is 6.51. The maximum Gasteiger partial charge on any atom is 0.273 e. The third-order valence-corrected chi connectivity index (χ3v) is 3.11. The number of benzene rings is 1. The Balaban J connectivity index is 2.19. The number of aromatic nitrogens is 1. The molecule has 6 heteroatoms. The summed E-state index contributed by atoms with van der Waals surface area (Å²) in [6, 6.07) is 6.76. The minimum absolute atomic E-state index is 0.251. The van der Waals surface area contributed by atoms with Gasteiger partial charge in [0.25, 0.3) is 5.91 Å². The topological polar surface area (TPSA) is 73.6 Å². The highest BCUT2D eigenvalue weighted by Crippen LogP contribution is 2.29. The van der Waals surface area contributed by atoms with Crippen molar-refractivity contribution in [1.29, 1.82) is 0 Å². The number of hydrogen-bond acceptors (Lipinski definition) is 5. The van der Waals surface area contributed by atoms with Gasteiger partial charge in [-0.3, -0.25) is 4.79 Å². The first kappa shape index (κ1) is 14.9. The minimum Gasteiger partial charge on any atom is -0.497 e. The van der Waals surface area contributed by atoms with Crippen LogP contribution in [0, 0.1) is 6.92 Å². The van der Waals surface area contributed by atoms with E-state index < -0.39 is 0 Å². The number of aryl methyl sites for hydroxylation is 1. The van der Waals surface area contributed by atoms with Gasteiger partial charge in [-0.15, -0.1) is 0 Å². The van der Waals surface area contributed by atoms with Gasteiger partial charge < -0.3 is 19.3 Å². The molecule has 0 aliphatic heterocycles. The molecule has 2 rings (SSSR count). The third kappa shape index (κ3) is 3.34. The van der Waals surface area contributed by atoms with Crippen LogP contribution in [0.2, 0.25) is 0 Å². The number of carbonyl (C=O) groups is 1. The van der Waals surface area contributed by atoms with Gasteiger partial charge in [-0.25, -0.2) is 0 Å². The smallest absolute Gasteiger partial charge is 0.273 e. The second-order valence-electron chi connectivity index (χ2n) is 4.63. The van der Waals surface area contributed by atoms with Gasteiger partial charge in [0, 0.05) is 11.6 Å². The van der Waals surface area contributed by atoms with Gasteiger partial charge in [-0.2, -0.15) is 0 Å². The van der Waals surface area contributed by atoms with Gasteiger partial charge >= 0.3 is 0 Å². The lowest BCUT2D eigenvalue weighted by Crippen LogP contribution is -2.27. The Morgan fingerprint density at radius 1 is 1.29 bits per heavy atom. The molecular weight excluding hydrogens is 272 g/mol. The average molecular weight is 290 g/mol. The van der Waals surface area contributed by atoms with Gasteiger partial charge in [-0.1, -0.05) is 5.16 Å². The van der Waals surface area contributed by atoms with Gasteiger partial charge in [-0.05, 0) is 32.0 Å². The van der Waals surface area contributed by atoms with Crippen LogP contribution in [-0.4, -0.2) is 25.3 Å². The molecule has 0 bridgehead atoms. The number of carbonyl (C=O) groups excluding carboxylic acids is 1. The third-order valence-electron chi connectivity index (χ3n) is 3.11. The van der Waals surface area contributed by atoms with Crippen LogP contribution in [0.25, 0.3) is 0 Å². The molecule has 21 heavy (non-hydrogen) atoms. The normalized spacial score (nSPS) is 11.8. The van der Waals surface area contributed by atoms with Gasteiger partial charge in [0.1, 0.15) is 17.3 Å². The van der Waals surface area contributed by atoms with Crippen LogP contribution < -0.4 is 14.8 Å². The Kier molecular flexibility index (Phi) is 4.47. The zero-order chi connectivity index (χ0) is 15.4. The molecule has 1 heterocycles. The Labute approximate surface area is 123 Å². The van der Waals surface area contributed by atoms with E-state index in [-0.39, 0.29) is 17.6 Å². The summed E-state index contributed by atoms with van der Waals surface area (Å²) in [5.74, 6) is 1.67. The van der Waals surface area contributed by atoms with E-state index >= 15 is 0 Å². The fraction of sp³-hybridized carbons (Fsp3) is 0.333. The summed E-state index contributed by atoms with van der Waals surface area (Å²) in [5, 5.41) is 6.55. The summed E-state index contributed by atoms with van der Waals surface area (Å²) in [6.45, 7) is 3.60. The largest absolute Gasteiger partial charge is 0.497 e. The number of nitrogens with one attached hydrogen (secondary N) is 1. The molecule has 0 radical (unpaired) electrons. The first-order valence-corrected chi connectivity index (χ1v) is 6.51. The average Bonchev–Trinajstić information content (AvgIpc) is 2.93. The molecule has 1 atom stereocenters. The summed E-state index contributed by atoms with van der Waals surface area (Å²) in [7, 11) is 3.17. The highest BCUT2D eigenvalue weighted by atomic mass is 16.5. The van der Waals surface area contributed by atoms with Crippen molar-refractivity contribution in [2.24, 2.45) is 0 Å². The van der Waals surface area contributed by atoms with Crippen LogP contribution >= 0.6 is 0 Å². The molecule has 0 fully saturated rings. The summed E-state index contributed by atoms with van der Waals surface area (Å²) in [4.78, 5) is 12.1. The molecule has 6 nitrogen and oxygen atoms in total. The van der Waals surface area contributed by atoms with Crippen molar-refractivity contribution in [1.82, 2.24) is 10.5 Å². The lowest BCUT2D eigenvalue weighted by atomic mass is 10.1. The monoisotopic (exact) mass is 290 g/mol. The summed E-state index contributed by atoms with van der Waals surface area (Å²) in [5.41, 5.74) is 1.08. The van der Waals surface area contributed by atoms with E-state index in [2.05, 4.69) is 10.5 Å². The van der Waals surface area contributed by atoms with Gasteiger partial charge in [0.15, 0.2) is 5.69 Å². The Morgan fingerprint density at radius 2 is 2.05 bits per heavy atom. The molecule has 0 aliphatic carbocycles. The number of methoxy groups -OCH3 is 2. The standard InChI is InChI=1S/C15H18N2O4/c1-9-7-13(17-21-9)15(18)16-10(2)12-8-11(19-3)5-6-14(12)20-4/h5-8,10H,1-4H3,(H,16,18)/t10-/m0/s1. The Bertz CT molecular complexity index is 636. The SMILES string of the molecule is COc1ccc(OC)c([C@H](C)NC(=O)c2cc(C)on2)c1.